The summed E-state index contributed by atoms with van der Waals surface area (Å²) in [7, 11) is 0. The van der Waals surface area contributed by atoms with Gasteiger partial charge in [0.1, 0.15) is 12.3 Å². The molecule has 0 spiro atoms. The predicted molar refractivity (Wildman–Crippen MR) is 38.9 cm³/mol. The van der Waals surface area contributed by atoms with E-state index < -0.39 is 12.5 Å². The standard InChI is InChI=1S/C7H10F2N2O/c1-2-11-6(3-4-10-11)7(8,9)5-12/h3-4,12H,2,5H2,1H3. The first-order valence-electron chi connectivity index (χ1n) is 3.62. The molecule has 0 fully saturated rings. The highest BCUT2D eigenvalue weighted by atomic mass is 19.3. The molecule has 0 bridgehead atoms. The van der Waals surface area contributed by atoms with Gasteiger partial charge in [0.15, 0.2) is 0 Å². The van der Waals surface area contributed by atoms with E-state index in [-0.39, 0.29) is 5.69 Å². The summed E-state index contributed by atoms with van der Waals surface area (Å²) in [5, 5.41) is 12.1. The fraction of sp³-hybridized carbons (Fsp3) is 0.571. The first kappa shape index (κ1) is 9.12. The number of aromatic nitrogens is 2. The van der Waals surface area contributed by atoms with Crippen molar-refractivity contribution in [2.45, 2.75) is 19.4 Å². The number of hydrogen-bond donors (Lipinski definition) is 1. The van der Waals surface area contributed by atoms with E-state index in [0.29, 0.717) is 6.54 Å². The third-order valence-electron chi connectivity index (χ3n) is 1.59. The average molecular weight is 176 g/mol. The predicted octanol–water partition coefficient (Wildman–Crippen LogP) is 0.987. The second-order valence-electron chi connectivity index (χ2n) is 2.39. The zero-order chi connectivity index (χ0) is 9.19. The Labute approximate surface area is 68.6 Å². The molecule has 1 N–H and O–H groups in total. The highest BCUT2D eigenvalue weighted by Crippen LogP contribution is 2.26. The molecule has 5 heteroatoms. The van der Waals surface area contributed by atoms with Crippen LogP contribution in [0.2, 0.25) is 0 Å². The molecule has 1 aromatic heterocycles. The van der Waals surface area contributed by atoms with Gasteiger partial charge in [-0.15, -0.1) is 0 Å². The maximum atomic E-state index is 12.9. The van der Waals surface area contributed by atoms with E-state index >= 15 is 0 Å². The molecule has 0 saturated carbocycles. The number of nitrogens with zero attached hydrogens (tertiary/aromatic N) is 2. The lowest BCUT2D eigenvalue weighted by Gasteiger charge is -2.13. The van der Waals surface area contributed by atoms with Crippen LogP contribution in [0.25, 0.3) is 0 Å². The monoisotopic (exact) mass is 176 g/mol. The Morgan fingerprint density at radius 3 is 2.83 bits per heavy atom. The van der Waals surface area contributed by atoms with Gasteiger partial charge >= 0.3 is 5.92 Å². The van der Waals surface area contributed by atoms with Crippen LogP contribution in [0.1, 0.15) is 12.6 Å². The van der Waals surface area contributed by atoms with E-state index in [1.165, 1.54) is 12.3 Å². The van der Waals surface area contributed by atoms with Crippen molar-refractivity contribution < 1.29 is 13.9 Å². The van der Waals surface area contributed by atoms with Crippen molar-refractivity contribution in [3.8, 4) is 0 Å². The van der Waals surface area contributed by atoms with Crippen molar-refractivity contribution in [1.29, 1.82) is 0 Å². The van der Waals surface area contributed by atoms with Crippen LogP contribution in [0.3, 0.4) is 0 Å². The molecule has 0 aliphatic heterocycles. The zero-order valence-electron chi connectivity index (χ0n) is 6.67. The highest BCUT2D eigenvalue weighted by Gasteiger charge is 2.33. The van der Waals surface area contributed by atoms with Gasteiger partial charge in [0.25, 0.3) is 0 Å². The molecule has 1 heterocycles. The van der Waals surface area contributed by atoms with Crippen molar-refractivity contribution in [1.82, 2.24) is 9.78 Å². The Hall–Kier alpha value is -0.970. The smallest absolute Gasteiger partial charge is 0.311 e. The maximum Gasteiger partial charge on any atom is 0.311 e. The topological polar surface area (TPSA) is 38.0 Å². The van der Waals surface area contributed by atoms with Crippen molar-refractivity contribution in [2.75, 3.05) is 6.61 Å². The minimum absolute atomic E-state index is 0.243. The summed E-state index contributed by atoms with van der Waals surface area (Å²) in [4.78, 5) is 0. The first-order chi connectivity index (χ1) is 5.61. The molecule has 68 valence electrons. The second-order valence-corrected chi connectivity index (χ2v) is 2.39. The largest absolute Gasteiger partial charge is 0.390 e. The van der Waals surface area contributed by atoms with E-state index in [1.54, 1.807) is 6.92 Å². The summed E-state index contributed by atoms with van der Waals surface area (Å²) in [5.74, 6) is -3.19. The molecule has 1 rings (SSSR count). The van der Waals surface area contributed by atoms with Gasteiger partial charge in [-0.3, -0.25) is 4.68 Å². The number of rotatable bonds is 3. The Morgan fingerprint density at radius 1 is 1.67 bits per heavy atom. The molecular weight excluding hydrogens is 166 g/mol. The van der Waals surface area contributed by atoms with Gasteiger partial charge in [-0.1, -0.05) is 0 Å². The van der Waals surface area contributed by atoms with E-state index in [4.69, 9.17) is 5.11 Å². The minimum Gasteiger partial charge on any atom is -0.390 e. The lowest BCUT2D eigenvalue weighted by Crippen LogP contribution is -2.23. The van der Waals surface area contributed by atoms with Gasteiger partial charge in [-0.2, -0.15) is 13.9 Å². The Kier molecular flexibility index (Phi) is 2.42. The molecule has 12 heavy (non-hydrogen) atoms. The fourth-order valence-electron chi connectivity index (χ4n) is 0.976. The summed E-state index contributed by atoms with van der Waals surface area (Å²) in [6.07, 6.45) is 1.29. The summed E-state index contributed by atoms with van der Waals surface area (Å²) in [5.41, 5.74) is -0.243. The number of aliphatic hydroxyl groups excluding tert-OH is 1. The van der Waals surface area contributed by atoms with Crippen LogP contribution in [-0.2, 0) is 12.5 Å². The SMILES string of the molecule is CCn1nccc1C(F)(F)CO. The van der Waals surface area contributed by atoms with Gasteiger partial charge in [-0.05, 0) is 13.0 Å². The molecular formula is C7H10F2N2O. The van der Waals surface area contributed by atoms with Gasteiger partial charge in [0.05, 0.1) is 0 Å². The summed E-state index contributed by atoms with van der Waals surface area (Å²) in [6.45, 7) is 0.903. The normalized spacial score (nSPS) is 12.0. The van der Waals surface area contributed by atoms with Crippen LogP contribution in [0.4, 0.5) is 8.78 Å². The van der Waals surface area contributed by atoms with Crippen LogP contribution in [0.5, 0.6) is 0 Å². The summed E-state index contributed by atoms with van der Waals surface area (Å²) < 4.78 is 26.9. The molecule has 0 unspecified atom stereocenters. The quantitative estimate of drug-likeness (QED) is 0.745. The van der Waals surface area contributed by atoms with Crippen LogP contribution in [0, 0.1) is 0 Å². The number of alkyl halides is 2. The molecule has 0 aromatic carbocycles. The number of aliphatic hydroxyl groups is 1. The number of aryl methyl sites for hydroxylation is 1. The lowest BCUT2D eigenvalue weighted by molar-refractivity contribution is -0.0626. The third kappa shape index (κ3) is 1.45. The molecule has 0 saturated heterocycles. The van der Waals surface area contributed by atoms with E-state index in [2.05, 4.69) is 5.10 Å². The molecule has 3 nitrogen and oxygen atoms in total. The molecule has 0 aliphatic rings. The molecule has 0 aliphatic carbocycles. The summed E-state index contributed by atoms with van der Waals surface area (Å²) >= 11 is 0. The third-order valence-corrected chi connectivity index (χ3v) is 1.59. The van der Waals surface area contributed by atoms with Crippen molar-refractivity contribution in [2.24, 2.45) is 0 Å². The van der Waals surface area contributed by atoms with Crippen molar-refractivity contribution >= 4 is 0 Å². The Bertz CT molecular complexity index is 260. The van der Waals surface area contributed by atoms with Crippen LogP contribution < -0.4 is 0 Å². The fourth-order valence-corrected chi connectivity index (χ4v) is 0.976. The van der Waals surface area contributed by atoms with E-state index in [9.17, 15) is 8.78 Å². The Balaban J connectivity index is 3.00. The van der Waals surface area contributed by atoms with E-state index in [0.717, 1.165) is 4.68 Å². The highest BCUT2D eigenvalue weighted by molar-refractivity contribution is 5.08. The first-order valence-corrected chi connectivity index (χ1v) is 3.62. The minimum atomic E-state index is -3.19. The van der Waals surface area contributed by atoms with Crippen LogP contribution >= 0.6 is 0 Å². The molecule has 0 radical (unpaired) electrons. The molecule has 0 atom stereocenters. The van der Waals surface area contributed by atoms with Crippen LogP contribution in [0.15, 0.2) is 12.3 Å². The number of hydrogen-bond acceptors (Lipinski definition) is 2. The van der Waals surface area contributed by atoms with E-state index in [1.807, 2.05) is 0 Å². The van der Waals surface area contributed by atoms with Gasteiger partial charge in [0, 0.05) is 12.7 Å². The zero-order valence-corrected chi connectivity index (χ0v) is 6.67. The van der Waals surface area contributed by atoms with Gasteiger partial charge < -0.3 is 5.11 Å². The summed E-state index contributed by atoms with van der Waals surface area (Å²) in [6, 6.07) is 1.21. The number of halogens is 2. The lowest BCUT2D eigenvalue weighted by atomic mass is 10.2. The van der Waals surface area contributed by atoms with Crippen molar-refractivity contribution in [3.63, 3.8) is 0 Å². The van der Waals surface area contributed by atoms with Gasteiger partial charge in [0.2, 0.25) is 0 Å². The second kappa shape index (κ2) is 3.18. The Morgan fingerprint density at radius 2 is 2.33 bits per heavy atom. The molecule has 0 amide bonds. The van der Waals surface area contributed by atoms with Crippen LogP contribution in [-0.4, -0.2) is 21.5 Å². The van der Waals surface area contributed by atoms with Gasteiger partial charge in [-0.25, -0.2) is 0 Å². The maximum absolute atomic E-state index is 12.9. The average Bonchev–Trinajstić information content (AvgIpc) is 2.52. The van der Waals surface area contributed by atoms with Crippen molar-refractivity contribution in [3.05, 3.63) is 18.0 Å². The molecule has 1 aromatic rings.